The van der Waals surface area contributed by atoms with Crippen LogP contribution in [0.1, 0.15) is 15.9 Å². The van der Waals surface area contributed by atoms with Crippen molar-refractivity contribution in [3.8, 4) is 0 Å². The summed E-state index contributed by atoms with van der Waals surface area (Å²) in [6.07, 6.45) is 0.260. The average Bonchev–Trinajstić information content (AvgIpc) is 2.92. The van der Waals surface area contributed by atoms with Crippen LogP contribution in [0.3, 0.4) is 0 Å². The quantitative estimate of drug-likeness (QED) is 0.741. The summed E-state index contributed by atoms with van der Waals surface area (Å²) in [6, 6.07) is 17.0. The van der Waals surface area contributed by atoms with Crippen LogP contribution >= 0.6 is 11.3 Å². The Hall–Kier alpha value is -2.66. The fourth-order valence-corrected chi connectivity index (χ4v) is 3.50. The molecule has 0 aliphatic rings. The molecule has 23 heavy (non-hydrogen) atoms. The van der Waals surface area contributed by atoms with Crippen molar-refractivity contribution in [3.63, 3.8) is 0 Å². The third-order valence-electron chi connectivity index (χ3n) is 3.45. The summed E-state index contributed by atoms with van der Waals surface area (Å²) >= 11 is 1.37. The topological polar surface area (TPSA) is 55.4 Å². The van der Waals surface area contributed by atoms with E-state index in [9.17, 15) is 9.59 Å². The number of hydrogen-bond acceptors (Lipinski definition) is 4. The molecule has 0 aliphatic heterocycles. The third kappa shape index (κ3) is 3.24. The van der Waals surface area contributed by atoms with Gasteiger partial charge in [0, 0.05) is 10.1 Å². The number of anilines is 1. The summed E-state index contributed by atoms with van der Waals surface area (Å²) in [5.41, 5.74) is 1.33. The Labute approximate surface area is 137 Å². The zero-order valence-electron chi connectivity index (χ0n) is 12.5. The number of carbonyl (C=O) groups is 2. The van der Waals surface area contributed by atoms with Crippen molar-refractivity contribution in [3.05, 3.63) is 65.7 Å². The number of rotatable bonds is 4. The van der Waals surface area contributed by atoms with E-state index in [0.717, 1.165) is 15.6 Å². The van der Waals surface area contributed by atoms with Gasteiger partial charge < -0.3 is 10.1 Å². The van der Waals surface area contributed by atoms with Crippen LogP contribution in [0.15, 0.2) is 54.6 Å². The summed E-state index contributed by atoms with van der Waals surface area (Å²) in [6.45, 7) is 0. The van der Waals surface area contributed by atoms with Crippen LogP contribution in [0.25, 0.3) is 10.1 Å². The monoisotopic (exact) mass is 325 g/mol. The first-order valence-corrected chi connectivity index (χ1v) is 7.94. The second-order valence-electron chi connectivity index (χ2n) is 5.00. The minimum absolute atomic E-state index is 0.159. The van der Waals surface area contributed by atoms with Crippen molar-refractivity contribution < 1.29 is 14.3 Å². The van der Waals surface area contributed by atoms with E-state index in [1.807, 2.05) is 54.6 Å². The highest BCUT2D eigenvalue weighted by Crippen LogP contribution is 2.36. The Morgan fingerprint density at radius 2 is 1.74 bits per heavy atom. The highest BCUT2D eigenvalue weighted by Gasteiger charge is 2.20. The summed E-state index contributed by atoms with van der Waals surface area (Å²) in [4.78, 5) is 24.3. The largest absolute Gasteiger partial charge is 0.465 e. The van der Waals surface area contributed by atoms with Gasteiger partial charge in [0.25, 0.3) is 0 Å². The summed E-state index contributed by atoms with van der Waals surface area (Å²) in [5, 5.41) is 4.16. The number of methoxy groups -OCH3 is 1. The van der Waals surface area contributed by atoms with Gasteiger partial charge in [-0.3, -0.25) is 4.79 Å². The van der Waals surface area contributed by atoms with Gasteiger partial charge in [0.2, 0.25) is 5.91 Å². The zero-order valence-corrected chi connectivity index (χ0v) is 13.4. The van der Waals surface area contributed by atoms with Crippen molar-refractivity contribution in [1.82, 2.24) is 0 Å². The average molecular weight is 325 g/mol. The fraction of sp³-hybridized carbons (Fsp3) is 0.111. The lowest BCUT2D eigenvalue weighted by Gasteiger charge is -2.06. The SMILES string of the molecule is COC(=O)c1c(NC(=O)Cc2ccccc2)sc2ccccc12. The minimum Gasteiger partial charge on any atom is -0.465 e. The second-order valence-corrected chi connectivity index (χ2v) is 6.06. The van der Waals surface area contributed by atoms with Crippen molar-refractivity contribution in [2.24, 2.45) is 0 Å². The first-order chi connectivity index (χ1) is 11.2. The smallest absolute Gasteiger partial charge is 0.341 e. The van der Waals surface area contributed by atoms with Crippen LogP contribution in [0, 0.1) is 0 Å². The molecule has 0 atom stereocenters. The van der Waals surface area contributed by atoms with E-state index in [0.29, 0.717) is 10.6 Å². The molecular weight excluding hydrogens is 310 g/mol. The van der Waals surface area contributed by atoms with E-state index in [2.05, 4.69) is 5.32 Å². The number of ether oxygens (including phenoxy) is 1. The lowest BCUT2D eigenvalue weighted by Crippen LogP contribution is -2.15. The number of hydrogen-bond donors (Lipinski definition) is 1. The Balaban J connectivity index is 1.90. The number of fused-ring (bicyclic) bond motifs is 1. The molecule has 0 aliphatic carbocycles. The van der Waals surface area contributed by atoms with Gasteiger partial charge >= 0.3 is 5.97 Å². The highest BCUT2D eigenvalue weighted by atomic mass is 32.1. The van der Waals surface area contributed by atoms with E-state index >= 15 is 0 Å². The molecule has 1 amide bonds. The number of esters is 1. The van der Waals surface area contributed by atoms with Gasteiger partial charge in [-0.25, -0.2) is 4.79 Å². The standard InChI is InChI=1S/C18H15NO3S/c1-22-18(21)16-13-9-5-6-10-14(13)23-17(16)19-15(20)11-12-7-3-2-4-8-12/h2-10H,11H2,1H3,(H,19,20). The molecule has 0 radical (unpaired) electrons. The molecule has 5 heteroatoms. The molecule has 0 saturated heterocycles. The maximum atomic E-state index is 12.3. The fourth-order valence-electron chi connectivity index (χ4n) is 2.39. The number of amides is 1. The van der Waals surface area contributed by atoms with Crippen LogP contribution in [0.4, 0.5) is 5.00 Å². The van der Waals surface area contributed by atoms with Gasteiger partial charge in [-0.15, -0.1) is 11.3 Å². The van der Waals surface area contributed by atoms with E-state index in [1.165, 1.54) is 18.4 Å². The van der Waals surface area contributed by atoms with E-state index in [4.69, 9.17) is 4.74 Å². The van der Waals surface area contributed by atoms with Gasteiger partial charge in [0.15, 0.2) is 0 Å². The molecule has 1 N–H and O–H groups in total. The number of carbonyl (C=O) groups excluding carboxylic acids is 2. The maximum absolute atomic E-state index is 12.3. The molecule has 1 aromatic heterocycles. The molecule has 0 spiro atoms. The lowest BCUT2D eigenvalue weighted by molar-refractivity contribution is -0.115. The van der Waals surface area contributed by atoms with Crippen molar-refractivity contribution >= 4 is 38.3 Å². The van der Waals surface area contributed by atoms with Crippen LogP contribution in [0.2, 0.25) is 0 Å². The molecule has 0 unspecified atom stereocenters. The Morgan fingerprint density at radius 3 is 2.48 bits per heavy atom. The molecule has 116 valence electrons. The van der Waals surface area contributed by atoms with Crippen molar-refractivity contribution in [2.75, 3.05) is 12.4 Å². The van der Waals surface area contributed by atoms with E-state index in [-0.39, 0.29) is 12.3 Å². The second kappa shape index (κ2) is 6.62. The third-order valence-corrected chi connectivity index (χ3v) is 4.53. The zero-order chi connectivity index (χ0) is 16.2. The molecule has 3 aromatic rings. The molecule has 0 bridgehead atoms. The van der Waals surface area contributed by atoms with Crippen molar-refractivity contribution in [2.45, 2.75) is 6.42 Å². The number of nitrogens with one attached hydrogen (secondary N) is 1. The minimum atomic E-state index is -0.447. The predicted octanol–water partition coefficient (Wildman–Crippen LogP) is 3.87. The summed E-state index contributed by atoms with van der Waals surface area (Å²) in [7, 11) is 1.34. The Bertz CT molecular complexity index is 855. The molecular formula is C18H15NO3S. The number of thiophene rings is 1. The molecule has 1 heterocycles. The predicted molar refractivity (Wildman–Crippen MR) is 91.9 cm³/mol. The Morgan fingerprint density at radius 1 is 1.04 bits per heavy atom. The van der Waals surface area contributed by atoms with Gasteiger partial charge in [0.1, 0.15) is 10.6 Å². The first-order valence-electron chi connectivity index (χ1n) is 7.12. The van der Waals surface area contributed by atoms with Gasteiger partial charge in [0.05, 0.1) is 13.5 Å². The van der Waals surface area contributed by atoms with E-state index in [1.54, 1.807) is 0 Å². The Kier molecular flexibility index (Phi) is 4.39. The van der Waals surface area contributed by atoms with Crippen molar-refractivity contribution in [1.29, 1.82) is 0 Å². The van der Waals surface area contributed by atoms with Gasteiger partial charge in [-0.05, 0) is 11.6 Å². The molecule has 0 saturated carbocycles. The van der Waals surface area contributed by atoms with Crippen LogP contribution in [0.5, 0.6) is 0 Å². The highest BCUT2D eigenvalue weighted by molar-refractivity contribution is 7.23. The summed E-state index contributed by atoms with van der Waals surface area (Å²) < 4.78 is 5.79. The first kappa shape index (κ1) is 15.2. The van der Waals surface area contributed by atoms with Crippen LogP contribution in [-0.2, 0) is 16.0 Å². The maximum Gasteiger partial charge on any atom is 0.341 e. The number of benzene rings is 2. The van der Waals surface area contributed by atoms with Crippen LogP contribution in [-0.4, -0.2) is 19.0 Å². The molecule has 2 aromatic carbocycles. The summed E-state index contributed by atoms with van der Waals surface area (Å²) in [5.74, 6) is -0.606. The molecule has 0 fully saturated rings. The molecule has 4 nitrogen and oxygen atoms in total. The normalized spacial score (nSPS) is 10.5. The van der Waals surface area contributed by atoms with Gasteiger partial charge in [-0.1, -0.05) is 48.5 Å². The lowest BCUT2D eigenvalue weighted by atomic mass is 10.1. The van der Waals surface area contributed by atoms with Gasteiger partial charge in [-0.2, -0.15) is 0 Å². The van der Waals surface area contributed by atoms with E-state index < -0.39 is 5.97 Å². The van der Waals surface area contributed by atoms with Crippen LogP contribution < -0.4 is 5.32 Å². The molecule has 3 rings (SSSR count).